The van der Waals surface area contributed by atoms with Gasteiger partial charge in [0.25, 0.3) is 0 Å². The van der Waals surface area contributed by atoms with E-state index in [4.69, 9.17) is 19.1 Å². The predicted molar refractivity (Wildman–Crippen MR) is 91.3 cm³/mol. The van der Waals surface area contributed by atoms with E-state index >= 15 is 0 Å². The second kappa shape index (κ2) is 8.47. The largest absolute Gasteiger partial charge is 0.488 e. The smallest absolute Gasteiger partial charge is 0.303 e. The van der Waals surface area contributed by atoms with E-state index in [2.05, 4.69) is 5.16 Å². The van der Waals surface area contributed by atoms with E-state index in [0.717, 1.165) is 25.0 Å². The summed E-state index contributed by atoms with van der Waals surface area (Å²) in [4.78, 5) is 10.5. The minimum absolute atomic E-state index is 0.0912. The van der Waals surface area contributed by atoms with Gasteiger partial charge in [0.2, 0.25) is 0 Å². The van der Waals surface area contributed by atoms with Crippen LogP contribution in [-0.2, 0) is 16.1 Å². The van der Waals surface area contributed by atoms with Crippen LogP contribution in [0, 0.1) is 24.5 Å². The second-order valence-electron chi connectivity index (χ2n) is 6.63. The summed E-state index contributed by atoms with van der Waals surface area (Å²) in [5.74, 6) is -2.22. The maximum atomic E-state index is 14.4. The molecule has 146 valence electrons. The molecule has 1 N–H and O–H groups in total. The first-order valence-corrected chi connectivity index (χ1v) is 8.82. The third kappa shape index (κ3) is 5.03. The minimum Gasteiger partial charge on any atom is -0.488 e. The van der Waals surface area contributed by atoms with Gasteiger partial charge in [-0.2, -0.15) is 0 Å². The van der Waals surface area contributed by atoms with Crippen LogP contribution in [0.4, 0.5) is 8.78 Å². The van der Waals surface area contributed by atoms with Crippen LogP contribution in [0.15, 0.2) is 16.7 Å². The fraction of sp³-hybridized carbons (Fsp3) is 0.474. The Morgan fingerprint density at radius 2 is 2.04 bits per heavy atom. The summed E-state index contributed by atoms with van der Waals surface area (Å²) in [6.07, 6.45) is 2.35. The molecule has 6 nitrogen and oxygen atoms in total. The van der Waals surface area contributed by atoms with Gasteiger partial charge in [-0.05, 0) is 49.8 Å². The third-order valence-corrected chi connectivity index (χ3v) is 4.29. The van der Waals surface area contributed by atoms with Gasteiger partial charge in [0.05, 0.1) is 18.8 Å². The maximum absolute atomic E-state index is 14.4. The summed E-state index contributed by atoms with van der Waals surface area (Å²) >= 11 is 0. The number of hydrogen-bond donors (Lipinski definition) is 1. The van der Waals surface area contributed by atoms with Crippen molar-refractivity contribution in [1.82, 2.24) is 5.16 Å². The fourth-order valence-electron chi connectivity index (χ4n) is 2.73. The van der Waals surface area contributed by atoms with Gasteiger partial charge < -0.3 is 19.1 Å². The fourth-order valence-corrected chi connectivity index (χ4v) is 2.73. The summed E-state index contributed by atoms with van der Waals surface area (Å²) in [5, 5.41) is 12.5. The van der Waals surface area contributed by atoms with Crippen molar-refractivity contribution in [1.29, 1.82) is 0 Å². The SMILES string of the molecule is Cc1onc(COCC2CC2)c1-c1cc(F)c(OCCCC(=O)O)c(F)c1. The number of hydrogen-bond acceptors (Lipinski definition) is 5. The lowest BCUT2D eigenvalue weighted by Crippen LogP contribution is -2.05. The van der Waals surface area contributed by atoms with Crippen LogP contribution in [0.3, 0.4) is 0 Å². The van der Waals surface area contributed by atoms with Crippen LogP contribution in [-0.4, -0.2) is 29.4 Å². The number of carboxylic acids is 1. The van der Waals surface area contributed by atoms with Crippen molar-refractivity contribution in [2.45, 2.75) is 39.2 Å². The molecule has 1 fully saturated rings. The highest BCUT2D eigenvalue weighted by molar-refractivity contribution is 5.69. The Bertz CT molecular complexity index is 793. The first-order chi connectivity index (χ1) is 13.0. The van der Waals surface area contributed by atoms with Crippen molar-refractivity contribution < 1.29 is 32.7 Å². The monoisotopic (exact) mass is 381 g/mol. The summed E-state index contributed by atoms with van der Waals surface area (Å²) in [5.41, 5.74) is 1.27. The highest BCUT2D eigenvalue weighted by Gasteiger charge is 2.23. The minimum atomic E-state index is -0.991. The molecule has 1 aliphatic rings. The molecular weight excluding hydrogens is 360 g/mol. The zero-order valence-corrected chi connectivity index (χ0v) is 15.0. The van der Waals surface area contributed by atoms with Crippen LogP contribution in [0.1, 0.15) is 37.1 Å². The Hall–Kier alpha value is -2.48. The number of ether oxygens (including phenoxy) is 2. The zero-order valence-electron chi connectivity index (χ0n) is 15.0. The van der Waals surface area contributed by atoms with Crippen molar-refractivity contribution >= 4 is 5.97 Å². The molecule has 0 aliphatic heterocycles. The van der Waals surface area contributed by atoms with Crippen LogP contribution >= 0.6 is 0 Å². The van der Waals surface area contributed by atoms with E-state index in [9.17, 15) is 13.6 Å². The molecule has 0 atom stereocenters. The highest BCUT2D eigenvalue weighted by Crippen LogP contribution is 2.34. The number of halogens is 2. The van der Waals surface area contributed by atoms with E-state index in [1.54, 1.807) is 6.92 Å². The predicted octanol–water partition coefficient (Wildman–Crippen LogP) is 4.10. The average Bonchev–Trinajstić information content (AvgIpc) is 3.35. The number of nitrogens with zero attached hydrogens (tertiary/aromatic N) is 1. The topological polar surface area (TPSA) is 81.8 Å². The maximum Gasteiger partial charge on any atom is 0.303 e. The molecule has 3 rings (SSSR count). The van der Waals surface area contributed by atoms with E-state index in [1.165, 1.54) is 0 Å². The van der Waals surface area contributed by atoms with E-state index in [-0.39, 0.29) is 31.6 Å². The number of rotatable bonds is 10. The Labute approximate surface area is 155 Å². The van der Waals surface area contributed by atoms with Crippen molar-refractivity contribution in [2.24, 2.45) is 5.92 Å². The lowest BCUT2D eigenvalue weighted by atomic mass is 10.0. The molecule has 0 bridgehead atoms. The van der Waals surface area contributed by atoms with Gasteiger partial charge in [0.15, 0.2) is 17.4 Å². The van der Waals surface area contributed by atoms with Crippen LogP contribution in [0.5, 0.6) is 5.75 Å². The van der Waals surface area contributed by atoms with Gasteiger partial charge in [0.1, 0.15) is 11.5 Å². The number of aromatic nitrogens is 1. The van der Waals surface area contributed by atoms with Gasteiger partial charge in [-0.1, -0.05) is 5.16 Å². The quantitative estimate of drug-likeness (QED) is 0.624. The molecule has 1 aromatic heterocycles. The molecule has 0 spiro atoms. The number of carbonyl (C=O) groups is 1. The van der Waals surface area contributed by atoms with Gasteiger partial charge in [-0.15, -0.1) is 0 Å². The normalized spacial score (nSPS) is 13.7. The number of benzene rings is 1. The Balaban J connectivity index is 1.73. The lowest BCUT2D eigenvalue weighted by Gasteiger charge is -2.10. The molecule has 1 aromatic carbocycles. The van der Waals surface area contributed by atoms with Gasteiger partial charge in [0, 0.05) is 13.0 Å². The Kier molecular flexibility index (Phi) is 6.05. The molecule has 1 aliphatic carbocycles. The van der Waals surface area contributed by atoms with E-state index < -0.39 is 23.4 Å². The molecule has 1 heterocycles. The summed E-state index contributed by atoms with van der Waals surface area (Å²) < 4.78 is 44.6. The number of aliphatic carboxylic acids is 1. The summed E-state index contributed by atoms with van der Waals surface area (Å²) in [6.45, 7) is 2.42. The van der Waals surface area contributed by atoms with Crippen molar-refractivity contribution in [2.75, 3.05) is 13.2 Å². The Morgan fingerprint density at radius 3 is 2.67 bits per heavy atom. The van der Waals surface area contributed by atoms with Crippen molar-refractivity contribution in [3.8, 4) is 16.9 Å². The molecular formula is C19H21F2NO5. The average molecular weight is 381 g/mol. The van der Waals surface area contributed by atoms with Gasteiger partial charge >= 0.3 is 5.97 Å². The first-order valence-electron chi connectivity index (χ1n) is 8.82. The van der Waals surface area contributed by atoms with Crippen LogP contribution in [0.2, 0.25) is 0 Å². The van der Waals surface area contributed by atoms with Crippen LogP contribution in [0.25, 0.3) is 11.1 Å². The first kappa shape index (κ1) is 19.3. The lowest BCUT2D eigenvalue weighted by molar-refractivity contribution is -0.137. The molecule has 8 heteroatoms. The number of aryl methyl sites for hydroxylation is 1. The molecule has 0 unspecified atom stereocenters. The Morgan fingerprint density at radius 1 is 1.33 bits per heavy atom. The number of carboxylic acid groups (broad SMARTS) is 1. The second-order valence-corrected chi connectivity index (χ2v) is 6.63. The summed E-state index contributed by atoms with van der Waals surface area (Å²) in [7, 11) is 0. The van der Waals surface area contributed by atoms with Crippen LogP contribution < -0.4 is 4.74 Å². The molecule has 1 saturated carbocycles. The van der Waals surface area contributed by atoms with Crippen molar-refractivity contribution in [3.05, 3.63) is 35.2 Å². The molecule has 2 aromatic rings. The van der Waals surface area contributed by atoms with E-state index in [0.29, 0.717) is 29.5 Å². The molecule has 0 radical (unpaired) electrons. The highest BCUT2D eigenvalue weighted by atomic mass is 19.1. The van der Waals surface area contributed by atoms with E-state index in [1.807, 2.05) is 0 Å². The van der Waals surface area contributed by atoms with Gasteiger partial charge in [-0.25, -0.2) is 8.78 Å². The molecule has 0 amide bonds. The molecule has 0 saturated heterocycles. The zero-order chi connectivity index (χ0) is 19.4. The molecule has 27 heavy (non-hydrogen) atoms. The van der Waals surface area contributed by atoms with Gasteiger partial charge in [-0.3, -0.25) is 4.79 Å². The third-order valence-electron chi connectivity index (χ3n) is 4.29. The standard InChI is InChI=1S/C19H21F2NO5/c1-11-18(16(22-27-11)10-25-9-12-4-5-12)13-7-14(20)19(15(21)8-13)26-6-2-3-17(23)24/h7-8,12H,2-6,9-10H2,1H3,(H,23,24). The van der Waals surface area contributed by atoms with Crippen molar-refractivity contribution in [3.63, 3.8) is 0 Å². The summed E-state index contributed by atoms with van der Waals surface area (Å²) in [6, 6.07) is 2.30.